The molecule has 0 amide bonds. The molecule has 0 atom stereocenters. The van der Waals surface area contributed by atoms with Crippen LogP contribution in [0.3, 0.4) is 0 Å². The average molecular weight is 229 g/mol. The molecule has 1 heterocycles. The van der Waals surface area contributed by atoms with Crippen molar-refractivity contribution in [1.82, 2.24) is 3.97 Å². The van der Waals surface area contributed by atoms with Crippen molar-refractivity contribution >= 4 is 21.1 Å². The van der Waals surface area contributed by atoms with Crippen molar-refractivity contribution in [2.75, 3.05) is 6.26 Å². The first-order valence-corrected chi connectivity index (χ1v) is 5.79. The fourth-order valence-electron chi connectivity index (χ4n) is 1.30. The van der Waals surface area contributed by atoms with E-state index in [1.807, 2.05) is 0 Å². The highest BCUT2D eigenvalue weighted by molar-refractivity contribution is 7.89. The molecule has 2 rings (SSSR count). The molecule has 1 aromatic heterocycles. The second kappa shape index (κ2) is 2.86. The van der Waals surface area contributed by atoms with Gasteiger partial charge in [0.1, 0.15) is 11.3 Å². The lowest BCUT2D eigenvalue weighted by atomic mass is 10.3. The SMILES string of the molecule is CS(=O)(=O)n1c(=O)oc2ccc(O)cc21. The zero-order valence-electron chi connectivity index (χ0n) is 7.67. The molecule has 0 fully saturated rings. The minimum atomic E-state index is -3.73. The Kier molecular flexibility index (Phi) is 1.87. The molecule has 0 aliphatic heterocycles. The van der Waals surface area contributed by atoms with E-state index in [1.165, 1.54) is 12.1 Å². The van der Waals surface area contributed by atoms with E-state index in [2.05, 4.69) is 0 Å². The van der Waals surface area contributed by atoms with Crippen molar-refractivity contribution in [3.05, 3.63) is 28.7 Å². The topological polar surface area (TPSA) is 89.5 Å². The number of rotatable bonds is 1. The van der Waals surface area contributed by atoms with E-state index in [0.29, 0.717) is 3.97 Å². The maximum Gasteiger partial charge on any atom is 0.434 e. The maximum absolute atomic E-state index is 11.3. The van der Waals surface area contributed by atoms with Crippen molar-refractivity contribution < 1.29 is 17.9 Å². The van der Waals surface area contributed by atoms with Gasteiger partial charge in [0, 0.05) is 6.07 Å². The van der Waals surface area contributed by atoms with Gasteiger partial charge in [0.15, 0.2) is 5.58 Å². The van der Waals surface area contributed by atoms with Gasteiger partial charge >= 0.3 is 5.76 Å². The first kappa shape index (κ1) is 9.78. The summed E-state index contributed by atoms with van der Waals surface area (Å²) in [6, 6.07) is 3.78. The van der Waals surface area contributed by atoms with Crippen LogP contribution in [-0.2, 0) is 10.0 Å². The second-order valence-corrected chi connectivity index (χ2v) is 4.88. The number of aromatic hydroxyl groups is 1. The number of hydrogen-bond donors (Lipinski definition) is 1. The maximum atomic E-state index is 11.3. The van der Waals surface area contributed by atoms with Crippen LogP contribution < -0.4 is 5.76 Å². The Bertz CT molecular complexity index is 679. The molecule has 0 spiro atoms. The summed E-state index contributed by atoms with van der Waals surface area (Å²) in [5.41, 5.74) is 0.144. The number of fused-ring (bicyclic) bond motifs is 1. The Labute approximate surface area is 84.4 Å². The predicted molar refractivity (Wildman–Crippen MR) is 52.4 cm³/mol. The second-order valence-electron chi connectivity index (χ2n) is 3.05. The molecular weight excluding hydrogens is 222 g/mol. The monoisotopic (exact) mass is 229 g/mol. The number of hydrogen-bond acceptors (Lipinski definition) is 5. The number of oxazole rings is 1. The third-order valence-corrected chi connectivity index (χ3v) is 2.87. The summed E-state index contributed by atoms with van der Waals surface area (Å²) in [6.07, 6.45) is 0.882. The summed E-state index contributed by atoms with van der Waals surface area (Å²) in [7, 11) is -3.73. The van der Waals surface area contributed by atoms with E-state index < -0.39 is 15.8 Å². The number of nitrogens with zero attached hydrogens (tertiary/aromatic N) is 1. The Hall–Kier alpha value is -1.76. The summed E-state index contributed by atoms with van der Waals surface area (Å²) in [4.78, 5) is 11.2. The Balaban J connectivity index is 3.02. The molecule has 1 aromatic carbocycles. The van der Waals surface area contributed by atoms with Gasteiger partial charge in [-0.2, -0.15) is 3.97 Å². The molecule has 6 nitrogen and oxygen atoms in total. The summed E-state index contributed by atoms with van der Waals surface area (Å²) in [5, 5.41) is 9.18. The van der Waals surface area contributed by atoms with Crippen LogP contribution in [0.2, 0.25) is 0 Å². The molecule has 0 aliphatic rings. The highest BCUT2D eigenvalue weighted by Gasteiger charge is 2.17. The van der Waals surface area contributed by atoms with E-state index in [-0.39, 0.29) is 16.8 Å². The third-order valence-electron chi connectivity index (χ3n) is 1.86. The van der Waals surface area contributed by atoms with E-state index >= 15 is 0 Å². The Morgan fingerprint density at radius 2 is 2.07 bits per heavy atom. The first-order chi connectivity index (χ1) is 6.89. The lowest BCUT2D eigenvalue weighted by Crippen LogP contribution is -2.21. The predicted octanol–water partition coefficient (Wildman–Crippen LogP) is 0.108. The summed E-state index contributed by atoms with van der Waals surface area (Å²) < 4.78 is 27.7. The quantitative estimate of drug-likeness (QED) is 0.749. The molecule has 80 valence electrons. The van der Waals surface area contributed by atoms with Gasteiger partial charge in [-0.3, -0.25) is 0 Å². The zero-order valence-corrected chi connectivity index (χ0v) is 8.48. The summed E-state index contributed by atoms with van der Waals surface area (Å²) in [6.45, 7) is 0. The van der Waals surface area contributed by atoms with Gasteiger partial charge in [0.25, 0.3) is 0 Å². The summed E-state index contributed by atoms with van der Waals surface area (Å²) >= 11 is 0. The third kappa shape index (κ3) is 1.50. The van der Waals surface area contributed by atoms with Gasteiger partial charge in [0.2, 0.25) is 10.0 Å². The van der Waals surface area contributed by atoms with Crippen LogP contribution in [0.15, 0.2) is 27.4 Å². The van der Waals surface area contributed by atoms with Crippen LogP contribution in [0.4, 0.5) is 0 Å². The van der Waals surface area contributed by atoms with Crippen molar-refractivity contribution in [3.63, 3.8) is 0 Å². The lowest BCUT2D eigenvalue weighted by molar-refractivity contribution is 0.475. The molecule has 15 heavy (non-hydrogen) atoms. The Morgan fingerprint density at radius 1 is 1.40 bits per heavy atom. The molecular formula is C8H7NO5S. The molecule has 0 radical (unpaired) electrons. The van der Waals surface area contributed by atoms with Crippen molar-refractivity contribution in [3.8, 4) is 5.75 Å². The molecule has 0 aliphatic carbocycles. The first-order valence-electron chi connectivity index (χ1n) is 3.95. The van der Waals surface area contributed by atoms with Crippen LogP contribution in [0.1, 0.15) is 0 Å². The zero-order chi connectivity index (χ0) is 11.2. The van der Waals surface area contributed by atoms with Crippen LogP contribution in [-0.4, -0.2) is 23.8 Å². The molecule has 1 N–H and O–H groups in total. The van der Waals surface area contributed by atoms with Gasteiger partial charge in [-0.15, -0.1) is 0 Å². The van der Waals surface area contributed by atoms with E-state index in [0.717, 1.165) is 12.3 Å². The van der Waals surface area contributed by atoms with Crippen LogP contribution >= 0.6 is 0 Å². The van der Waals surface area contributed by atoms with E-state index in [9.17, 15) is 18.3 Å². The molecule has 0 saturated heterocycles. The van der Waals surface area contributed by atoms with Gasteiger partial charge in [-0.05, 0) is 12.1 Å². The van der Waals surface area contributed by atoms with Gasteiger partial charge in [0.05, 0.1) is 6.26 Å². The lowest BCUT2D eigenvalue weighted by Gasteiger charge is -1.97. The number of phenolic OH excluding ortho intramolecular Hbond substituents is 1. The molecule has 0 unspecified atom stereocenters. The number of aromatic nitrogens is 1. The largest absolute Gasteiger partial charge is 0.508 e. The van der Waals surface area contributed by atoms with Crippen molar-refractivity contribution in [2.45, 2.75) is 0 Å². The molecule has 0 bridgehead atoms. The fourth-order valence-corrected chi connectivity index (χ4v) is 2.11. The number of phenols is 1. The van der Waals surface area contributed by atoms with Crippen LogP contribution in [0, 0.1) is 0 Å². The van der Waals surface area contributed by atoms with Gasteiger partial charge in [-0.1, -0.05) is 0 Å². The van der Waals surface area contributed by atoms with Gasteiger partial charge < -0.3 is 9.52 Å². The average Bonchev–Trinajstić information content (AvgIpc) is 2.38. The van der Waals surface area contributed by atoms with Crippen LogP contribution in [0.5, 0.6) is 5.75 Å². The minimum absolute atomic E-state index is 0.0301. The summed E-state index contributed by atoms with van der Waals surface area (Å²) in [5.74, 6) is -1.13. The highest BCUT2D eigenvalue weighted by Crippen LogP contribution is 2.19. The van der Waals surface area contributed by atoms with Gasteiger partial charge in [-0.25, -0.2) is 13.2 Å². The standard InChI is InChI=1S/C8H7NO5S/c1-15(12,13)9-6-4-5(10)2-3-7(6)14-8(9)11/h2-4,10H,1H3. The minimum Gasteiger partial charge on any atom is -0.508 e. The smallest absolute Gasteiger partial charge is 0.434 e. The molecule has 7 heteroatoms. The molecule has 0 saturated carbocycles. The Morgan fingerprint density at radius 3 is 2.67 bits per heavy atom. The highest BCUT2D eigenvalue weighted by atomic mass is 32.2. The van der Waals surface area contributed by atoms with E-state index in [1.54, 1.807) is 0 Å². The van der Waals surface area contributed by atoms with Crippen molar-refractivity contribution in [2.24, 2.45) is 0 Å². The van der Waals surface area contributed by atoms with E-state index in [4.69, 9.17) is 4.42 Å². The normalized spacial score (nSPS) is 12.1. The van der Waals surface area contributed by atoms with Crippen LogP contribution in [0.25, 0.3) is 11.1 Å². The van der Waals surface area contributed by atoms with Crippen molar-refractivity contribution in [1.29, 1.82) is 0 Å². The fraction of sp³-hybridized carbons (Fsp3) is 0.125. The molecule has 2 aromatic rings. The number of benzene rings is 1.